The average molecular weight is 556 g/mol. The van der Waals surface area contributed by atoms with E-state index >= 15 is 0 Å². The first-order chi connectivity index (χ1) is 6.25. The number of aromatic nitrogens is 1. The van der Waals surface area contributed by atoms with Crippen molar-refractivity contribution in [3.05, 3.63) is 23.7 Å². The van der Waals surface area contributed by atoms with Crippen LogP contribution in [0.5, 0.6) is 0 Å². The van der Waals surface area contributed by atoms with Crippen LogP contribution in [0.4, 0.5) is 0 Å². The SMILES string of the molecule is ClC(Cl)(Br)c1nc(Br)c(Br)c(Br)c1Br. The molecule has 0 amide bonds. The fourth-order valence-corrected chi connectivity index (χ4v) is 3.88. The Morgan fingerprint density at radius 2 is 1.43 bits per heavy atom. The summed E-state index contributed by atoms with van der Waals surface area (Å²) in [6.45, 7) is 0. The van der Waals surface area contributed by atoms with Crippen molar-refractivity contribution in [2.45, 2.75) is 3.24 Å². The fourth-order valence-electron chi connectivity index (χ4n) is 0.675. The van der Waals surface area contributed by atoms with Crippen LogP contribution in [0.2, 0.25) is 0 Å². The van der Waals surface area contributed by atoms with Crippen molar-refractivity contribution in [1.29, 1.82) is 0 Å². The van der Waals surface area contributed by atoms with Gasteiger partial charge in [-0.15, -0.1) is 0 Å². The summed E-state index contributed by atoms with van der Waals surface area (Å²) in [5, 5.41) is 0. The summed E-state index contributed by atoms with van der Waals surface area (Å²) in [5.41, 5.74) is 0.475. The zero-order valence-electron chi connectivity index (χ0n) is 6.09. The van der Waals surface area contributed by atoms with Gasteiger partial charge in [0.25, 0.3) is 0 Å². The van der Waals surface area contributed by atoms with Gasteiger partial charge in [-0.05, 0) is 79.6 Å². The van der Waals surface area contributed by atoms with Crippen LogP contribution < -0.4 is 0 Å². The molecule has 1 aromatic rings. The van der Waals surface area contributed by atoms with Crippen molar-refractivity contribution in [2.75, 3.05) is 0 Å². The number of rotatable bonds is 1. The highest BCUT2D eigenvalue weighted by atomic mass is 79.9. The van der Waals surface area contributed by atoms with Gasteiger partial charge in [-0.2, -0.15) is 0 Å². The van der Waals surface area contributed by atoms with Gasteiger partial charge in [0.15, 0.2) is 0 Å². The lowest BCUT2D eigenvalue weighted by atomic mass is 10.4. The predicted molar refractivity (Wildman–Crippen MR) is 77.3 cm³/mol. The Bertz CT molecular complexity index is 375. The molecular formula is C6Br5Cl2N. The lowest BCUT2D eigenvalue weighted by Crippen LogP contribution is -2.05. The first-order valence-electron chi connectivity index (χ1n) is 3.02. The molecule has 8 heteroatoms. The first-order valence-corrected chi connectivity index (χ1v) is 7.74. The van der Waals surface area contributed by atoms with Crippen LogP contribution in [-0.2, 0) is 3.24 Å². The number of halogens is 7. The maximum Gasteiger partial charge on any atom is 0.214 e. The molecule has 1 nitrogen and oxygen atoms in total. The number of pyridine rings is 1. The van der Waals surface area contributed by atoms with Crippen molar-refractivity contribution in [3.63, 3.8) is 0 Å². The Labute approximate surface area is 133 Å². The summed E-state index contributed by atoms with van der Waals surface area (Å²) in [6, 6.07) is 0. The van der Waals surface area contributed by atoms with E-state index in [9.17, 15) is 0 Å². The maximum atomic E-state index is 5.89. The molecular weight excluding hydrogens is 556 g/mol. The zero-order chi connectivity index (χ0) is 11.1. The molecule has 0 aliphatic rings. The van der Waals surface area contributed by atoms with E-state index in [0.717, 1.165) is 8.95 Å². The van der Waals surface area contributed by atoms with Crippen molar-refractivity contribution < 1.29 is 0 Å². The third-order valence-electron chi connectivity index (χ3n) is 1.25. The molecule has 0 fully saturated rings. The fraction of sp³-hybridized carbons (Fsp3) is 0.167. The second kappa shape index (κ2) is 5.19. The molecule has 78 valence electrons. The van der Waals surface area contributed by atoms with E-state index < -0.39 is 3.24 Å². The highest BCUT2D eigenvalue weighted by Gasteiger charge is 2.29. The van der Waals surface area contributed by atoms with Gasteiger partial charge in [-0.3, -0.25) is 0 Å². The number of alkyl halides is 3. The van der Waals surface area contributed by atoms with E-state index in [0.29, 0.717) is 14.8 Å². The molecule has 1 heterocycles. The van der Waals surface area contributed by atoms with Gasteiger partial charge in [0, 0.05) is 0 Å². The van der Waals surface area contributed by atoms with Gasteiger partial charge < -0.3 is 0 Å². The van der Waals surface area contributed by atoms with Crippen LogP contribution in [0.3, 0.4) is 0 Å². The summed E-state index contributed by atoms with van der Waals surface area (Å²) >= 11 is 28.2. The lowest BCUT2D eigenvalue weighted by molar-refractivity contribution is 1.05. The monoisotopic (exact) mass is 551 g/mol. The number of hydrogen-bond acceptors (Lipinski definition) is 1. The summed E-state index contributed by atoms with van der Waals surface area (Å²) in [7, 11) is 0. The summed E-state index contributed by atoms with van der Waals surface area (Å²) in [5.74, 6) is 0. The van der Waals surface area contributed by atoms with Crippen molar-refractivity contribution in [2.24, 2.45) is 0 Å². The van der Waals surface area contributed by atoms with Gasteiger partial charge in [0.05, 0.1) is 13.4 Å². The smallest absolute Gasteiger partial charge is 0.214 e. The van der Waals surface area contributed by atoms with Crippen LogP contribution in [0.25, 0.3) is 0 Å². The molecule has 0 aliphatic carbocycles. The highest BCUT2D eigenvalue weighted by molar-refractivity contribution is 9.15. The van der Waals surface area contributed by atoms with E-state index in [1.165, 1.54) is 0 Å². The summed E-state index contributed by atoms with van der Waals surface area (Å²) in [4.78, 5) is 4.19. The Balaban J connectivity index is 3.49. The molecule has 0 radical (unpaired) electrons. The largest absolute Gasteiger partial charge is 0.239 e. The Hall–Kier alpha value is 2.13. The normalized spacial score (nSPS) is 11.9. The third kappa shape index (κ3) is 3.08. The molecule has 1 aromatic heterocycles. The van der Waals surface area contributed by atoms with Crippen molar-refractivity contribution in [3.8, 4) is 0 Å². The van der Waals surface area contributed by atoms with E-state index in [-0.39, 0.29) is 0 Å². The van der Waals surface area contributed by atoms with Gasteiger partial charge >= 0.3 is 0 Å². The highest BCUT2D eigenvalue weighted by Crippen LogP contribution is 2.47. The molecule has 1 rings (SSSR count). The van der Waals surface area contributed by atoms with Crippen LogP contribution >= 0.6 is 103 Å². The zero-order valence-corrected chi connectivity index (χ0v) is 15.5. The van der Waals surface area contributed by atoms with Gasteiger partial charge in [0.2, 0.25) is 3.24 Å². The second-order valence-corrected chi connectivity index (χ2v) is 8.75. The summed E-state index contributed by atoms with van der Waals surface area (Å²) in [6.07, 6.45) is 0. The Morgan fingerprint density at radius 1 is 0.929 bits per heavy atom. The second-order valence-electron chi connectivity index (χ2n) is 2.19. The van der Waals surface area contributed by atoms with Crippen LogP contribution in [0.15, 0.2) is 18.0 Å². The van der Waals surface area contributed by atoms with Gasteiger partial charge in [-0.25, -0.2) is 4.98 Å². The molecule has 14 heavy (non-hydrogen) atoms. The molecule has 0 aromatic carbocycles. The van der Waals surface area contributed by atoms with Gasteiger partial charge in [-0.1, -0.05) is 23.2 Å². The quantitative estimate of drug-likeness (QED) is 0.300. The minimum absolute atomic E-state index is 0.475. The Morgan fingerprint density at radius 3 is 1.86 bits per heavy atom. The minimum Gasteiger partial charge on any atom is -0.239 e. The Kier molecular flexibility index (Phi) is 5.26. The van der Waals surface area contributed by atoms with Crippen molar-refractivity contribution in [1.82, 2.24) is 4.98 Å². The van der Waals surface area contributed by atoms with E-state index in [4.69, 9.17) is 23.2 Å². The molecule has 0 bridgehead atoms. The molecule has 0 saturated carbocycles. The van der Waals surface area contributed by atoms with Gasteiger partial charge in [0.1, 0.15) is 10.3 Å². The van der Waals surface area contributed by atoms with Crippen molar-refractivity contribution >= 4 is 103 Å². The van der Waals surface area contributed by atoms with Crippen LogP contribution in [-0.4, -0.2) is 4.98 Å². The van der Waals surface area contributed by atoms with Crippen LogP contribution in [0.1, 0.15) is 5.69 Å². The maximum absolute atomic E-state index is 5.89. The molecule has 0 atom stereocenters. The van der Waals surface area contributed by atoms with E-state index in [1.54, 1.807) is 0 Å². The topological polar surface area (TPSA) is 12.9 Å². The molecule has 0 saturated heterocycles. The molecule has 0 unspecified atom stereocenters. The molecule has 0 spiro atoms. The van der Waals surface area contributed by atoms with E-state index in [1.807, 2.05) is 0 Å². The average Bonchev–Trinajstić information content (AvgIpc) is 2.06. The minimum atomic E-state index is -1.22. The van der Waals surface area contributed by atoms with Crippen LogP contribution in [0, 0.1) is 0 Å². The number of hydrogen-bond donors (Lipinski definition) is 0. The lowest BCUT2D eigenvalue weighted by Gasteiger charge is -2.15. The third-order valence-corrected chi connectivity index (χ3v) is 6.49. The first kappa shape index (κ1) is 14.2. The molecule has 0 aliphatic heterocycles. The standard InChI is InChI=1S/C6Br5Cl2N/c7-1-2(8)4(6(11,12)13)14-5(10)3(1)9. The van der Waals surface area contributed by atoms with E-state index in [2.05, 4.69) is 84.6 Å². The predicted octanol–water partition coefficient (Wildman–Crippen LogP) is 6.11. The molecule has 0 N–H and O–H groups in total. The summed E-state index contributed by atoms with van der Waals surface area (Å²) < 4.78 is 1.66. The number of nitrogens with zero attached hydrogens (tertiary/aromatic N) is 1.